The second-order valence-electron chi connectivity index (χ2n) is 6.30. The Hall–Kier alpha value is -2.72. The van der Waals surface area contributed by atoms with Crippen LogP contribution in [0, 0.1) is 6.92 Å². The predicted molar refractivity (Wildman–Crippen MR) is 99.5 cm³/mol. The van der Waals surface area contributed by atoms with Gasteiger partial charge in [-0.2, -0.15) is 0 Å². The second-order valence-corrected chi connectivity index (χ2v) is 6.30. The lowest BCUT2D eigenvalue weighted by atomic mass is 10.2. The summed E-state index contributed by atoms with van der Waals surface area (Å²) in [7, 11) is 1.69. The Bertz CT molecular complexity index is 837. The SMILES string of the molecule is COc1ccc(N2CCO[C@@H]2c2ccn(-c3ccc(C)cc3)c2)cc1. The van der Waals surface area contributed by atoms with Crippen LogP contribution in [0.15, 0.2) is 67.0 Å². The summed E-state index contributed by atoms with van der Waals surface area (Å²) in [5.74, 6) is 0.867. The van der Waals surface area contributed by atoms with E-state index < -0.39 is 0 Å². The minimum absolute atomic E-state index is 0.0555. The maximum Gasteiger partial charge on any atom is 0.158 e. The van der Waals surface area contributed by atoms with Crippen LogP contribution in [0.1, 0.15) is 17.4 Å². The highest BCUT2D eigenvalue weighted by Gasteiger charge is 2.27. The average molecular weight is 334 g/mol. The fraction of sp³-hybridized carbons (Fsp3) is 0.238. The summed E-state index contributed by atoms with van der Waals surface area (Å²) in [6.45, 7) is 3.71. The maximum atomic E-state index is 6.01. The first-order valence-electron chi connectivity index (χ1n) is 8.52. The Labute approximate surface area is 148 Å². The van der Waals surface area contributed by atoms with E-state index in [0.29, 0.717) is 0 Å². The van der Waals surface area contributed by atoms with Crippen LogP contribution in [0.5, 0.6) is 5.75 Å². The van der Waals surface area contributed by atoms with Crippen LogP contribution in [0.2, 0.25) is 0 Å². The molecule has 1 fully saturated rings. The molecule has 0 spiro atoms. The van der Waals surface area contributed by atoms with E-state index in [2.05, 4.69) is 71.2 Å². The molecule has 25 heavy (non-hydrogen) atoms. The molecule has 2 aromatic carbocycles. The van der Waals surface area contributed by atoms with E-state index in [9.17, 15) is 0 Å². The van der Waals surface area contributed by atoms with Gasteiger partial charge in [-0.1, -0.05) is 17.7 Å². The van der Waals surface area contributed by atoms with Crippen LogP contribution in [-0.2, 0) is 4.74 Å². The Morgan fingerprint density at radius 2 is 1.68 bits per heavy atom. The highest BCUT2D eigenvalue weighted by molar-refractivity contribution is 5.51. The highest BCUT2D eigenvalue weighted by Crippen LogP contribution is 2.33. The first-order valence-corrected chi connectivity index (χ1v) is 8.52. The molecule has 0 saturated carbocycles. The Morgan fingerprint density at radius 1 is 0.960 bits per heavy atom. The molecular weight excluding hydrogens is 312 g/mol. The van der Waals surface area contributed by atoms with Gasteiger partial charge in [-0.05, 0) is 49.4 Å². The third-order valence-electron chi connectivity index (χ3n) is 4.63. The molecule has 3 aromatic rings. The highest BCUT2D eigenvalue weighted by atomic mass is 16.5. The number of rotatable bonds is 4. The second kappa shape index (κ2) is 6.65. The van der Waals surface area contributed by atoms with E-state index in [0.717, 1.165) is 35.8 Å². The average Bonchev–Trinajstić information content (AvgIpc) is 3.31. The number of benzene rings is 2. The number of hydrogen-bond donors (Lipinski definition) is 0. The fourth-order valence-electron chi connectivity index (χ4n) is 3.22. The van der Waals surface area contributed by atoms with Crippen LogP contribution in [-0.4, -0.2) is 24.8 Å². The third kappa shape index (κ3) is 3.13. The van der Waals surface area contributed by atoms with Gasteiger partial charge in [0.2, 0.25) is 0 Å². The lowest BCUT2D eigenvalue weighted by Crippen LogP contribution is -2.22. The van der Waals surface area contributed by atoms with Gasteiger partial charge < -0.3 is 18.9 Å². The van der Waals surface area contributed by atoms with Crippen LogP contribution in [0.3, 0.4) is 0 Å². The van der Waals surface area contributed by atoms with Crippen molar-refractivity contribution in [3.63, 3.8) is 0 Å². The zero-order chi connectivity index (χ0) is 17.2. The van der Waals surface area contributed by atoms with E-state index in [1.54, 1.807) is 7.11 Å². The van der Waals surface area contributed by atoms with Crippen molar-refractivity contribution in [3.05, 3.63) is 78.1 Å². The molecular formula is C21H22N2O2. The number of anilines is 1. The molecule has 2 heterocycles. The molecule has 1 saturated heterocycles. The molecule has 1 aromatic heterocycles. The molecule has 4 heteroatoms. The van der Waals surface area contributed by atoms with Crippen molar-refractivity contribution in [1.82, 2.24) is 4.57 Å². The topological polar surface area (TPSA) is 26.6 Å². The van der Waals surface area contributed by atoms with E-state index in [4.69, 9.17) is 9.47 Å². The van der Waals surface area contributed by atoms with Crippen molar-refractivity contribution >= 4 is 5.69 Å². The number of ether oxygens (including phenoxy) is 2. The van der Waals surface area contributed by atoms with Gasteiger partial charge in [-0.3, -0.25) is 0 Å². The molecule has 0 amide bonds. The van der Waals surface area contributed by atoms with Gasteiger partial charge in [0.15, 0.2) is 6.23 Å². The van der Waals surface area contributed by atoms with Gasteiger partial charge in [0.25, 0.3) is 0 Å². The normalized spacial score (nSPS) is 17.0. The van der Waals surface area contributed by atoms with E-state index in [1.807, 2.05) is 12.1 Å². The van der Waals surface area contributed by atoms with Crippen LogP contribution >= 0.6 is 0 Å². The van der Waals surface area contributed by atoms with Gasteiger partial charge in [-0.15, -0.1) is 0 Å². The summed E-state index contributed by atoms with van der Waals surface area (Å²) in [6.07, 6.45) is 4.19. The molecule has 4 nitrogen and oxygen atoms in total. The zero-order valence-electron chi connectivity index (χ0n) is 14.6. The molecule has 1 aliphatic heterocycles. The number of aryl methyl sites for hydroxylation is 1. The molecule has 128 valence electrons. The molecule has 0 aliphatic carbocycles. The van der Waals surface area contributed by atoms with Gasteiger partial charge in [-0.25, -0.2) is 0 Å². The number of methoxy groups -OCH3 is 1. The van der Waals surface area contributed by atoms with Crippen molar-refractivity contribution in [3.8, 4) is 11.4 Å². The zero-order valence-corrected chi connectivity index (χ0v) is 14.6. The van der Waals surface area contributed by atoms with E-state index in [1.165, 1.54) is 5.56 Å². The molecule has 0 radical (unpaired) electrons. The Kier molecular flexibility index (Phi) is 4.20. The quantitative estimate of drug-likeness (QED) is 0.710. The summed E-state index contributed by atoms with van der Waals surface area (Å²) in [4.78, 5) is 2.29. The smallest absolute Gasteiger partial charge is 0.158 e. The summed E-state index contributed by atoms with van der Waals surface area (Å²) in [6, 6.07) is 18.8. The fourth-order valence-corrected chi connectivity index (χ4v) is 3.22. The van der Waals surface area contributed by atoms with Crippen molar-refractivity contribution < 1.29 is 9.47 Å². The summed E-state index contributed by atoms with van der Waals surface area (Å²) < 4.78 is 13.4. The number of aromatic nitrogens is 1. The van der Waals surface area contributed by atoms with Gasteiger partial charge in [0.05, 0.1) is 13.7 Å². The maximum absolute atomic E-state index is 6.01. The molecule has 4 rings (SSSR count). The monoisotopic (exact) mass is 334 g/mol. The molecule has 1 aliphatic rings. The van der Waals surface area contributed by atoms with Crippen LogP contribution < -0.4 is 9.64 Å². The van der Waals surface area contributed by atoms with Crippen molar-refractivity contribution in [2.75, 3.05) is 25.2 Å². The summed E-state index contributed by atoms with van der Waals surface area (Å²) in [5, 5.41) is 0. The minimum atomic E-state index is -0.0555. The molecule has 1 atom stereocenters. The molecule has 0 bridgehead atoms. The van der Waals surface area contributed by atoms with Gasteiger partial charge in [0, 0.05) is 35.9 Å². The largest absolute Gasteiger partial charge is 0.497 e. The lowest BCUT2D eigenvalue weighted by molar-refractivity contribution is 0.114. The Balaban J connectivity index is 1.59. The van der Waals surface area contributed by atoms with Crippen molar-refractivity contribution in [2.24, 2.45) is 0 Å². The van der Waals surface area contributed by atoms with Gasteiger partial charge >= 0.3 is 0 Å². The van der Waals surface area contributed by atoms with Crippen molar-refractivity contribution in [1.29, 1.82) is 0 Å². The predicted octanol–water partition coefficient (Wildman–Crippen LogP) is 4.33. The minimum Gasteiger partial charge on any atom is -0.497 e. The third-order valence-corrected chi connectivity index (χ3v) is 4.63. The number of hydrogen-bond acceptors (Lipinski definition) is 3. The van der Waals surface area contributed by atoms with Gasteiger partial charge in [0.1, 0.15) is 5.75 Å². The molecule has 0 N–H and O–H groups in total. The first-order chi connectivity index (χ1) is 12.2. The standard InChI is InChI=1S/C21H22N2O2/c1-16-3-5-18(6-4-16)22-12-11-17(15-22)21-23(13-14-25-21)19-7-9-20(24-2)10-8-19/h3-12,15,21H,13-14H2,1-2H3/t21-/m1/s1. The summed E-state index contributed by atoms with van der Waals surface area (Å²) >= 11 is 0. The summed E-state index contributed by atoms with van der Waals surface area (Å²) in [5.41, 5.74) is 4.73. The van der Waals surface area contributed by atoms with Crippen LogP contribution in [0.4, 0.5) is 5.69 Å². The van der Waals surface area contributed by atoms with Crippen molar-refractivity contribution in [2.45, 2.75) is 13.2 Å². The molecule has 0 unspecified atom stereocenters. The first kappa shape index (κ1) is 15.8. The Morgan fingerprint density at radius 3 is 2.40 bits per heavy atom. The van der Waals surface area contributed by atoms with E-state index >= 15 is 0 Å². The van der Waals surface area contributed by atoms with Crippen LogP contribution in [0.25, 0.3) is 5.69 Å². The van der Waals surface area contributed by atoms with E-state index in [-0.39, 0.29) is 6.23 Å². The number of nitrogens with zero attached hydrogens (tertiary/aromatic N) is 2. The lowest BCUT2D eigenvalue weighted by Gasteiger charge is -2.24.